The lowest BCUT2D eigenvalue weighted by Crippen LogP contribution is -2.26. The highest BCUT2D eigenvalue weighted by Crippen LogP contribution is 1.84. The van der Waals surface area contributed by atoms with Crippen molar-refractivity contribution >= 4 is 22.4 Å². The van der Waals surface area contributed by atoms with Gasteiger partial charge in [0.15, 0.2) is 0 Å². The van der Waals surface area contributed by atoms with Crippen molar-refractivity contribution in [2.45, 2.75) is 0 Å². The standard InChI is InChI=1S/C4H10N2O2S.ClH/c7-9(8)4-3-5-1-2-6-9;/h5-6H,1-4H2;1H. The lowest BCUT2D eigenvalue weighted by molar-refractivity contribution is 0.586. The van der Waals surface area contributed by atoms with E-state index in [4.69, 9.17) is 0 Å². The van der Waals surface area contributed by atoms with Crippen molar-refractivity contribution in [3.05, 3.63) is 0 Å². The van der Waals surface area contributed by atoms with E-state index in [2.05, 4.69) is 10.0 Å². The molecular weight excluding hydrogens is 176 g/mol. The van der Waals surface area contributed by atoms with Gasteiger partial charge in [-0.3, -0.25) is 0 Å². The van der Waals surface area contributed by atoms with Crippen molar-refractivity contribution in [3.8, 4) is 0 Å². The first-order valence-corrected chi connectivity index (χ1v) is 4.54. The Balaban J connectivity index is 0.000000810. The maximum Gasteiger partial charge on any atom is 0.212 e. The molecule has 62 valence electrons. The van der Waals surface area contributed by atoms with E-state index in [0.717, 1.165) is 6.54 Å². The van der Waals surface area contributed by atoms with Gasteiger partial charge in [0.25, 0.3) is 0 Å². The summed E-state index contributed by atoms with van der Waals surface area (Å²) in [6.45, 7) is 1.82. The molecule has 1 aliphatic rings. The molecule has 2 N–H and O–H groups in total. The average Bonchev–Trinajstić information content (AvgIpc) is 1.92. The highest BCUT2D eigenvalue weighted by Gasteiger charge is 2.10. The predicted molar refractivity (Wildman–Crippen MR) is 41.9 cm³/mol. The summed E-state index contributed by atoms with van der Waals surface area (Å²) in [5, 5.41) is 2.96. The molecule has 1 heterocycles. The summed E-state index contributed by atoms with van der Waals surface area (Å²) in [6, 6.07) is 0. The molecule has 0 aromatic heterocycles. The van der Waals surface area contributed by atoms with Gasteiger partial charge in [-0.15, -0.1) is 12.4 Å². The zero-order chi connectivity index (χ0) is 6.74. The lowest BCUT2D eigenvalue weighted by Gasteiger charge is -1.96. The Morgan fingerprint density at radius 2 is 1.80 bits per heavy atom. The normalized spacial score (nSPS) is 24.4. The minimum atomic E-state index is -2.93. The molecule has 4 nitrogen and oxygen atoms in total. The second-order valence-corrected chi connectivity index (χ2v) is 3.89. The van der Waals surface area contributed by atoms with Crippen LogP contribution in [0.5, 0.6) is 0 Å². The van der Waals surface area contributed by atoms with Gasteiger partial charge in [0.05, 0.1) is 5.75 Å². The van der Waals surface area contributed by atoms with Crippen molar-refractivity contribution in [3.63, 3.8) is 0 Å². The molecule has 0 atom stereocenters. The van der Waals surface area contributed by atoms with E-state index in [1.807, 2.05) is 0 Å². The van der Waals surface area contributed by atoms with E-state index in [1.54, 1.807) is 0 Å². The Hall–Kier alpha value is 0.160. The molecule has 10 heavy (non-hydrogen) atoms. The predicted octanol–water partition coefficient (Wildman–Crippen LogP) is -1.07. The van der Waals surface area contributed by atoms with Gasteiger partial charge in [0.2, 0.25) is 10.0 Å². The smallest absolute Gasteiger partial charge is 0.212 e. The average molecular weight is 187 g/mol. The number of rotatable bonds is 0. The number of halogens is 1. The summed E-state index contributed by atoms with van der Waals surface area (Å²) in [4.78, 5) is 0. The maximum absolute atomic E-state index is 10.7. The highest BCUT2D eigenvalue weighted by atomic mass is 35.5. The van der Waals surface area contributed by atoms with E-state index in [-0.39, 0.29) is 18.2 Å². The van der Waals surface area contributed by atoms with Gasteiger partial charge < -0.3 is 5.32 Å². The van der Waals surface area contributed by atoms with E-state index >= 15 is 0 Å². The van der Waals surface area contributed by atoms with Gasteiger partial charge >= 0.3 is 0 Å². The van der Waals surface area contributed by atoms with Gasteiger partial charge in [-0.05, 0) is 0 Å². The first-order chi connectivity index (χ1) is 4.21. The third-order valence-corrected chi connectivity index (χ3v) is 2.56. The molecule has 1 aliphatic heterocycles. The Labute approximate surface area is 66.8 Å². The van der Waals surface area contributed by atoms with Crippen LogP contribution in [0.25, 0.3) is 0 Å². The summed E-state index contributed by atoms with van der Waals surface area (Å²) < 4.78 is 23.9. The summed E-state index contributed by atoms with van der Waals surface area (Å²) in [5.74, 6) is 0.201. The van der Waals surface area contributed by atoms with E-state index in [0.29, 0.717) is 13.1 Å². The molecular formula is C4H11ClN2O2S. The summed E-state index contributed by atoms with van der Waals surface area (Å²) in [6.07, 6.45) is 0. The van der Waals surface area contributed by atoms with Gasteiger partial charge in [-0.2, -0.15) is 0 Å². The van der Waals surface area contributed by atoms with Crippen LogP contribution < -0.4 is 10.0 Å². The van der Waals surface area contributed by atoms with Crippen LogP contribution in [-0.2, 0) is 10.0 Å². The lowest BCUT2D eigenvalue weighted by atomic mass is 10.6. The zero-order valence-electron chi connectivity index (χ0n) is 5.46. The van der Waals surface area contributed by atoms with Crippen LogP contribution in [0.2, 0.25) is 0 Å². The SMILES string of the molecule is Cl.O=S1(=O)CCNCCN1. The van der Waals surface area contributed by atoms with Crippen molar-refractivity contribution in [2.24, 2.45) is 0 Å². The Morgan fingerprint density at radius 1 is 1.10 bits per heavy atom. The van der Waals surface area contributed by atoms with E-state index in [1.165, 1.54) is 0 Å². The highest BCUT2D eigenvalue weighted by molar-refractivity contribution is 7.89. The minimum absolute atomic E-state index is 0. The number of sulfonamides is 1. The van der Waals surface area contributed by atoms with Gasteiger partial charge in [-0.25, -0.2) is 13.1 Å². The van der Waals surface area contributed by atoms with Crippen LogP contribution >= 0.6 is 12.4 Å². The topological polar surface area (TPSA) is 58.2 Å². The summed E-state index contributed by atoms with van der Waals surface area (Å²) in [7, 11) is -2.93. The molecule has 0 aliphatic carbocycles. The quantitative estimate of drug-likeness (QED) is 0.507. The Kier molecular flexibility index (Phi) is 4.19. The minimum Gasteiger partial charge on any atom is -0.314 e. The third kappa shape index (κ3) is 3.36. The first kappa shape index (κ1) is 10.2. The fourth-order valence-electron chi connectivity index (χ4n) is 0.699. The maximum atomic E-state index is 10.7. The zero-order valence-corrected chi connectivity index (χ0v) is 7.09. The van der Waals surface area contributed by atoms with Crippen LogP contribution in [0.15, 0.2) is 0 Å². The van der Waals surface area contributed by atoms with Crippen LogP contribution in [0, 0.1) is 0 Å². The molecule has 1 rings (SSSR count). The molecule has 6 heteroatoms. The Bertz CT molecular complexity index is 166. The molecule has 0 amide bonds. The fourth-order valence-corrected chi connectivity index (χ4v) is 1.67. The van der Waals surface area contributed by atoms with Crippen molar-refractivity contribution in [2.75, 3.05) is 25.4 Å². The van der Waals surface area contributed by atoms with Crippen LogP contribution in [0.4, 0.5) is 0 Å². The second kappa shape index (κ2) is 4.12. The molecule has 0 aromatic rings. The monoisotopic (exact) mass is 186 g/mol. The second-order valence-electron chi connectivity index (χ2n) is 1.96. The van der Waals surface area contributed by atoms with Crippen molar-refractivity contribution < 1.29 is 8.42 Å². The first-order valence-electron chi connectivity index (χ1n) is 2.89. The molecule has 0 spiro atoms. The largest absolute Gasteiger partial charge is 0.314 e. The fraction of sp³-hybridized carbons (Fsp3) is 1.00. The van der Waals surface area contributed by atoms with E-state index < -0.39 is 10.0 Å². The van der Waals surface area contributed by atoms with Gasteiger partial charge in [-0.1, -0.05) is 0 Å². The summed E-state index contributed by atoms with van der Waals surface area (Å²) in [5.41, 5.74) is 0. The Morgan fingerprint density at radius 3 is 2.50 bits per heavy atom. The van der Waals surface area contributed by atoms with Crippen LogP contribution in [-0.4, -0.2) is 33.8 Å². The molecule has 1 saturated heterocycles. The van der Waals surface area contributed by atoms with Crippen molar-refractivity contribution in [1.82, 2.24) is 10.0 Å². The van der Waals surface area contributed by atoms with Crippen LogP contribution in [0.3, 0.4) is 0 Å². The molecule has 0 unspecified atom stereocenters. The van der Waals surface area contributed by atoms with Crippen LogP contribution in [0.1, 0.15) is 0 Å². The molecule has 0 bridgehead atoms. The summed E-state index contributed by atoms with van der Waals surface area (Å²) >= 11 is 0. The number of nitrogens with one attached hydrogen (secondary N) is 2. The molecule has 0 saturated carbocycles. The van der Waals surface area contributed by atoms with Gasteiger partial charge in [0.1, 0.15) is 0 Å². The van der Waals surface area contributed by atoms with E-state index in [9.17, 15) is 8.42 Å². The third-order valence-electron chi connectivity index (χ3n) is 1.17. The molecule has 0 aromatic carbocycles. The van der Waals surface area contributed by atoms with Crippen molar-refractivity contribution in [1.29, 1.82) is 0 Å². The molecule has 1 fully saturated rings. The van der Waals surface area contributed by atoms with Gasteiger partial charge in [0, 0.05) is 19.6 Å². The number of hydrogen-bond acceptors (Lipinski definition) is 3. The molecule has 0 radical (unpaired) electrons. The number of hydrogen-bond donors (Lipinski definition) is 2.